The van der Waals surface area contributed by atoms with E-state index in [1.807, 2.05) is 36.1 Å². The number of nitrogens with zero attached hydrogens (tertiary/aromatic N) is 1. The van der Waals surface area contributed by atoms with Gasteiger partial charge in [-0.15, -0.1) is 0 Å². The van der Waals surface area contributed by atoms with Crippen LogP contribution in [0.25, 0.3) is 11.0 Å². The first-order valence-corrected chi connectivity index (χ1v) is 8.74. The first-order valence-electron chi connectivity index (χ1n) is 7.99. The van der Waals surface area contributed by atoms with Crippen LogP contribution in [0.2, 0.25) is 10.0 Å². The molecule has 0 radical (unpaired) electrons. The second kappa shape index (κ2) is 6.28. The fourth-order valence-corrected chi connectivity index (χ4v) is 3.60. The molecule has 0 atom stereocenters. The van der Waals surface area contributed by atoms with Crippen LogP contribution >= 0.6 is 23.2 Å². The molecule has 0 bridgehead atoms. The summed E-state index contributed by atoms with van der Waals surface area (Å²) in [4.78, 5) is 13.9. The lowest BCUT2D eigenvalue weighted by molar-refractivity contribution is 0.289. The number of halogens is 2. The number of rotatable bonds is 2. The Kier molecular flexibility index (Phi) is 4.10. The second-order valence-corrected chi connectivity index (χ2v) is 6.69. The number of fused-ring (bicyclic) bond motifs is 3. The van der Waals surface area contributed by atoms with E-state index in [0.29, 0.717) is 28.9 Å². The minimum Gasteiger partial charge on any atom is -0.473 e. The minimum atomic E-state index is -0.351. The van der Waals surface area contributed by atoms with Crippen molar-refractivity contribution in [2.24, 2.45) is 0 Å². The smallest absolute Gasteiger partial charge is 0.336 e. The summed E-state index contributed by atoms with van der Waals surface area (Å²) < 4.78 is 11.4. The van der Waals surface area contributed by atoms with Gasteiger partial charge in [0.1, 0.15) is 11.3 Å². The zero-order chi connectivity index (χ0) is 17.6. The molecular weight excluding hydrogens is 361 g/mol. The van der Waals surface area contributed by atoms with Crippen molar-refractivity contribution in [3.8, 4) is 5.75 Å². The molecule has 0 N–H and O–H groups in total. The van der Waals surface area contributed by atoms with Crippen molar-refractivity contribution in [3.05, 3.63) is 68.0 Å². The highest BCUT2D eigenvalue weighted by Crippen LogP contribution is 2.38. The van der Waals surface area contributed by atoms with Gasteiger partial charge in [0.2, 0.25) is 0 Å². The predicted molar refractivity (Wildman–Crippen MR) is 100 cm³/mol. The van der Waals surface area contributed by atoms with Crippen LogP contribution in [0.15, 0.2) is 45.6 Å². The maximum absolute atomic E-state index is 11.9. The van der Waals surface area contributed by atoms with Crippen molar-refractivity contribution in [1.82, 2.24) is 0 Å². The monoisotopic (exact) mass is 375 g/mol. The van der Waals surface area contributed by atoms with Crippen LogP contribution in [-0.4, -0.2) is 6.73 Å². The van der Waals surface area contributed by atoms with E-state index < -0.39 is 0 Å². The Morgan fingerprint density at radius 2 is 2.04 bits per heavy atom. The fourth-order valence-electron chi connectivity index (χ4n) is 3.18. The average molecular weight is 376 g/mol. The van der Waals surface area contributed by atoms with Gasteiger partial charge in [0, 0.05) is 11.5 Å². The molecule has 0 fully saturated rings. The van der Waals surface area contributed by atoms with Crippen LogP contribution in [0.4, 0.5) is 5.69 Å². The topological polar surface area (TPSA) is 42.7 Å². The first kappa shape index (κ1) is 16.3. The molecule has 25 heavy (non-hydrogen) atoms. The lowest BCUT2D eigenvalue weighted by Crippen LogP contribution is -2.32. The molecule has 0 saturated carbocycles. The molecule has 1 aromatic heterocycles. The van der Waals surface area contributed by atoms with E-state index >= 15 is 0 Å². The number of hydrogen-bond donors (Lipinski definition) is 0. The Balaban J connectivity index is 1.86. The summed E-state index contributed by atoms with van der Waals surface area (Å²) in [6, 6.07) is 10.9. The zero-order valence-corrected chi connectivity index (χ0v) is 15.0. The van der Waals surface area contributed by atoms with Gasteiger partial charge in [0.05, 0.1) is 27.8 Å². The van der Waals surface area contributed by atoms with Gasteiger partial charge in [-0.05, 0) is 36.2 Å². The highest BCUT2D eigenvalue weighted by atomic mass is 35.5. The quantitative estimate of drug-likeness (QED) is 0.589. The van der Waals surface area contributed by atoms with Crippen molar-refractivity contribution in [1.29, 1.82) is 0 Å². The SMILES string of the molecule is CCc1cc(=O)oc2c3c(ccc12)OCN(c1cccc(Cl)c1Cl)C3. The molecule has 0 unspecified atom stereocenters. The molecule has 6 heteroatoms. The molecule has 128 valence electrons. The Hall–Kier alpha value is -2.17. The van der Waals surface area contributed by atoms with E-state index in [9.17, 15) is 4.79 Å². The molecule has 4 rings (SSSR count). The van der Waals surface area contributed by atoms with Gasteiger partial charge in [0.15, 0.2) is 6.73 Å². The summed E-state index contributed by atoms with van der Waals surface area (Å²) in [6.45, 7) is 2.88. The van der Waals surface area contributed by atoms with E-state index in [2.05, 4.69) is 0 Å². The summed E-state index contributed by atoms with van der Waals surface area (Å²) in [5, 5.41) is 1.90. The molecule has 0 saturated heterocycles. The lowest BCUT2D eigenvalue weighted by Gasteiger charge is -2.31. The molecule has 0 spiro atoms. The van der Waals surface area contributed by atoms with E-state index in [0.717, 1.165) is 34.4 Å². The van der Waals surface area contributed by atoms with Gasteiger partial charge >= 0.3 is 5.63 Å². The normalized spacial score (nSPS) is 13.6. The van der Waals surface area contributed by atoms with Gasteiger partial charge < -0.3 is 14.1 Å². The Morgan fingerprint density at radius 3 is 2.84 bits per heavy atom. The molecule has 3 aromatic rings. The highest BCUT2D eigenvalue weighted by Gasteiger charge is 2.24. The number of hydrogen-bond acceptors (Lipinski definition) is 4. The number of ether oxygens (including phenoxy) is 1. The summed E-state index contributed by atoms with van der Waals surface area (Å²) in [5.74, 6) is 0.721. The van der Waals surface area contributed by atoms with Crippen molar-refractivity contribution in [2.75, 3.05) is 11.6 Å². The number of benzene rings is 2. The molecule has 0 amide bonds. The fraction of sp³-hybridized carbons (Fsp3) is 0.211. The maximum atomic E-state index is 11.9. The van der Waals surface area contributed by atoms with E-state index in [1.165, 1.54) is 0 Å². The van der Waals surface area contributed by atoms with Crippen LogP contribution < -0.4 is 15.3 Å². The van der Waals surface area contributed by atoms with E-state index in [1.54, 1.807) is 12.1 Å². The van der Waals surface area contributed by atoms with E-state index in [-0.39, 0.29) is 5.63 Å². The molecule has 2 heterocycles. The average Bonchev–Trinajstić information content (AvgIpc) is 2.62. The van der Waals surface area contributed by atoms with Crippen molar-refractivity contribution >= 4 is 39.9 Å². The minimum absolute atomic E-state index is 0.344. The largest absolute Gasteiger partial charge is 0.473 e. The third kappa shape index (κ3) is 2.75. The summed E-state index contributed by atoms with van der Waals surface area (Å²) in [6.07, 6.45) is 0.756. The van der Waals surface area contributed by atoms with Crippen LogP contribution in [-0.2, 0) is 13.0 Å². The summed E-state index contributed by atoms with van der Waals surface area (Å²) in [5.41, 5.74) is 2.81. The predicted octanol–water partition coefficient (Wildman–Crippen LogP) is 5.02. The van der Waals surface area contributed by atoms with Gasteiger partial charge in [-0.1, -0.05) is 36.2 Å². The summed E-state index contributed by atoms with van der Waals surface area (Å²) in [7, 11) is 0. The van der Waals surface area contributed by atoms with Gasteiger partial charge in [-0.25, -0.2) is 4.79 Å². The third-order valence-corrected chi connectivity index (χ3v) is 5.24. The molecular formula is C19H15Cl2NO3. The van der Waals surface area contributed by atoms with E-state index in [4.69, 9.17) is 32.4 Å². The van der Waals surface area contributed by atoms with Gasteiger partial charge in [0.25, 0.3) is 0 Å². The first-order chi connectivity index (χ1) is 12.1. The maximum Gasteiger partial charge on any atom is 0.336 e. The standard InChI is InChI=1S/C19H15Cl2NO3/c1-2-11-8-17(23)25-19-12(11)6-7-16-13(19)9-22(10-24-16)15-5-3-4-14(20)18(15)21/h3-8H,2,9-10H2,1H3. The third-order valence-electron chi connectivity index (χ3n) is 4.44. The molecule has 0 aliphatic carbocycles. The Morgan fingerprint density at radius 1 is 1.20 bits per heavy atom. The lowest BCUT2D eigenvalue weighted by atomic mass is 10.0. The number of anilines is 1. The molecule has 4 nitrogen and oxygen atoms in total. The van der Waals surface area contributed by atoms with Gasteiger partial charge in [-0.2, -0.15) is 0 Å². The molecule has 1 aliphatic rings. The highest BCUT2D eigenvalue weighted by molar-refractivity contribution is 6.43. The van der Waals surface area contributed by atoms with Crippen LogP contribution in [0, 0.1) is 0 Å². The van der Waals surface area contributed by atoms with Gasteiger partial charge in [-0.3, -0.25) is 0 Å². The zero-order valence-electron chi connectivity index (χ0n) is 13.5. The molecule has 1 aliphatic heterocycles. The van der Waals surface area contributed by atoms with Crippen LogP contribution in [0.1, 0.15) is 18.1 Å². The Labute approximate surface area is 154 Å². The van der Waals surface area contributed by atoms with Crippen molar-refractivity contribution in [3.63, 3.8) is 0 Å². The number of aryl methyl sites for hydroxylation is 1. The second-order valence-electron chi connectivity index (χ2n) is 5.91. The van der Waals surface area contributed by atoms with Crippen molar-refractivity contribution < 1.29 is 9.15 Å². The van der Waals surface area contributed by atoms with Crippen molar-refractivity contribution in [2.45, 2.75) is 19.9 Å². The summed E-state index contributed by atoms with van der Waals surface area (Å²) >= 11 is 12.5. The molecule has 2 aromatic carbocycles. The van der Waals surface area contributed by atoms with Crippen LogP contribution in [0.3, 0.4) is 0 Å². The van der Waals surface area contributed by atoms with Crippen LogP contribution in [0.5, 0.6) is 5.75 Å². The Bertz CT molecular complexity index is 1030.